The fourth-order valence-electron chi connectivity index (χ4n) is 1.42. The van der Waals surface area contributed by atoms with E-state index in [0.717, 1.165) is 16.7 Å². The van der Waals surface area contributed by atoms with Crippen molar-refractivity contribution in [3.05, 3.63) is 34.9 Å². The Morgan fingerprint density at radius 1 is 0.667 bits per heavy atom. The van der Waals surface area contributed by atoms with Gasteiger partial charge in [-0.05, 0) is 16.7 Å². The highest BCUT2D eigenvalue weighted by Gasteiger charge is 2.00. The summed E-state index contributed by atoms with van der Waals surface area (Å²) >= 11 is 0. The van der Waals surface area contributed by atoms with Crippen LogP contribution >= 0.6 is 0 Å². The zero-order valence-corrected chi connectivity index (χ0v) is 8.20. The third-order valence-electron chi connectivity index (χ3n) is 1.96. The zero-order chi connectivity index (χ0) is 11.1. The Labute approximate surface area is 88.8 Å². The van der Waals surface area contributed by atoms with Crippen LogP contribution in [0, 0.1) is 34.0 Å². The van der Waals surface area contributed by atoms with Crippen molar-refractivity contribution < 1.29 is 0 Å². The number of hydrogen-bond donors (Lipinski definition) is 0. The summed E-state index contributed by atoms with van der Waals surface area (Å²) in [6.45, 7) is 0. The zero-order valence-electron chi connectivity index (χ0n) is 8.20. The predicted molar refractivity (Wildman–Crippen MR) is 54.4 cm³/mol. The van der Waals surface area contributed by atoms with Crippen LogP contribution < -0.4 is 0 Å². The second kappa shape index (κ2) is 5.43. The molecule has 0 fully saturated rings. The van der Waals surface area contributed by atoms with E-state index < -0.39 is 0 Å². The molecule has 0 radical (unpaired) electrons. The minimum absolute atomic E-state index is 0.317. The van der Waals surface area contributed by atoms with Crippen molar-refractivity contribution in [1.29, 1.82) is 15.8 Å². The third kappa shape index (κ3) is 3.14. The van der Waals surface area contributed by atoms with Gasteiger partial charge in [0, 0.05) is 0 Å². The standard InChI is InChI=1S/C12H9N3/c13-4-1-10-7-11(2-5-14)9-12(8-10)3-6-15/h7-9H,1-3H2. The molecule has 1 aromatic rings. The first-order valence-corrected chi connectivity index (χ1v) is 4.52. The minimum Gasteiger partial charge on any atom is -0.198 e. The molecule has 0 aliphatic rings. The molecule has 1 aromatic carbocycles. The summed E-state index contributed by atoms with van der Waals surface area (Å²) in [5.41, 5.74) is 2.61. The molecule has 15 heavy (non-hydrogen) atoms. The SMILES string of the molecule is N#CCc1cc(CC#N)cc(CC#N)c1. The highest BCUT2D eigenvalue weighted by atomic mass is 14.2. The summed E-state index contributed by atoms with van der Waals surface area (Å²) in [5.74, 6) is 0. The number of hydrogen-bond acceptors (Lipinski definition) is 3. The van der Waals surface area contributed by atoms with Crippen LogP contribution in [0.4, 0.5) is 0 Å². The molecule has 0 saturated heterocycles. The lowest BCUT2D eigenvalue weighted by molar-refractivity contribution is 1.15. The molecule has 0 spiro atoms. The van der Waals surface area contributed by atoms with Crippen LogP contribution in [0.25, 0.3) is 0 Å². The van der Waals surface area contributed by atoms with E-state index in [0.29, 0.717) is 19.3 Å². The molecule has 1 rings (SSSR count). The highest BCUT2D eigenvalue weighted by Crippen LogP contribution is 2.12. The first kappa shape index (κ1) is 10.8. The summed E-state index contributed by atoms with van der Waals surface area (Å²) in [6.07, 6.45) is 0.951. The minimum atomic E-state index is 0.317. The average molecular weight is 195 g/mol. The highest BCUT2D eigenvalue weighted by molar-refractivity contribution is 5.34. The molecule has 0 bridgehead atoms. The van der Waals surface area contributed by atoms with Crippen LogP contribution in [0.2, 0.25) is 0 Å². The first-order chi connectivity index (χ1) is 7.30. The normalized spacial score (nSPS) is 8.60. The second-order valence-electron chi connectivity index (χ2n) is 3.16. The first-order valence-electron chi connectivity index (χ1n) is 4.52. The molecule has 0 atom stereocenters. The van der Waals surface area contributed by atoms with Gasteiger partial charge >= 0.3 is 0 Å². The van der Waals surface area contributed by atoms with Gasteiger partial charge in [0.05, 0.1) is 37.5 Å². The smallest absolute Gasteiger partial charge is 0.0669 e. The molecule has 0 aromatic heterocycles. The van der Waals surface area contributed by atoms with E-state index in [2.05, 4.69) is 18.2 Å². The van der Waals surface area contributed by atoms with E-state index in [1.54, 1.807) is 0 Å². The van der Waals surface area contributed by atoms with Crippen LogP contribution in [0.5, 0.6) is 0 Å². The average Bonchev–Trinajstić information content (AvgIpc) is 2.19. The van der Waals surface area contributed by atoms with Crippen LogP contribution in [-0.4, -0.2) is 0 Å². The van der Waals surface area contributed by atoms with Gasteiger partial charge < -0.3 is 0 Å². The predicted octanol–water partition coefficient (Wildman–Crippen LogP) is 1.88. The Balaban J connectivity index is 3.05. The van der Waals surface area contributed by atoms with Gasteiger partial charge in [-0.3, -0.25) is 0 Å². The molecule has 3 heteroatoms. The molecule has 0 N–H and O–H groups in total. The van der Waals surface area contributed by atoms with Crippen LogP contribution in [0.15, 0.2) is 18.2 Å². The van der Waals surface area contributed by atoms with Gasteiger partial charge in [-0.2, -0.15) is 15.8 Å². The molecular weight excluding hydrogens is 186 g/mol. The maximum Gasteiger partial charge on any atom is 0.0669 e. The third-order valence-corrected chi connectivity index (χ3v) is 1.96. The Bertz CT molecular complexity index is 385. The lowest BCUT2D eigenvalue weighted by Crippen LogP contribution is -1.92. The van der Waals surface area contributed by atoms with Crippen LogP contribution in [0.1, 0.15) is 16.7 Å². The van der Waals surface area contributed by atoms with Crippen molar-refractivity contribution in [2.75, 3.05) is 0 Å². The van der Waals surface area contributed by atoms with Crippen molar-refractivity contribution in [3.8, 4) is 18.2 Å². The maximum absolute atomic E-state index is 8.58. The monoisotopic (exact) mass is 195 g/mol. The van der Waals surface area contributed by atoms with Crippen molar-refractivity contribution >= 4 is 0 Å². The molecule has 72 valence electrons. The summed E-state index contributed by atoms with van der Waals surface area (Å²) in [4.78, 5) is 0. The molecule has 3 nitrogen and oxygen atoms in total. The summed E-state index contributed by atoms with van der Waals surface area (Å²) in [5, 5.41) is 25.7. The Hall–Kier alpha value is -2.31. The van der Waals surface area contributed by atoms with Crippen LogP contribution in [-0.2, 0) is 19.3 Å². The second-order valence-corrected chi connectivity index (χ2v) is 3.16. The lowest BCUT2D eigenvalue weighted by Gasteiger charge is -2.02. The van der Waals surface area contributed by atoms with Crippen molar-refractivity contribution in [2.45, 2.75) is 19.3 Å². The molecular formula is C12H9N3. The van der Waals surface area contributed by atoms with Gasteiger partial charge in [-0.1, -0.05) is 18.2 Å². The Kier molecular flexibility index (Phi) is 3.90. The number of nitrogens with zero attached hydrogens (tertiary/aromatic N) is 3. The number of rotatable bonds is 3. The molecule has 0 saturated carbocycles. The summed E-state index contributed by atoms with van der Waals surface area (Å²) in [6, 6.07) is 11.7. The number of benzene rings is 1. The largest absolute Gasteiger partial charge is 0.198 e. The molecule has 0 unspecified atom stereocenters. The molecule has 0 amide bonds. The van der Waals surface area contributed by atoms with Gasteiger partial charge in [0.25, 0.3) is 0 Å². The van der Waals surface area contributed by atoms with Crippen LogP contribution in [0.3, 0.4) is 0 Å². The maximum atomic E-state index is 8.58. The van der Waals surface area contributed by atoms with E-state index >= 15 is 0 Å². The van der Waals surface area contributed by atoms with Crippen molar-refractivity contribution in [1.82, 2.24) is 0 Å². The van der Waals surface area contributed by atoms with E-state index in [1.165, 1.54) is 0 Å². The van der Waals surface area contributed by atoms with E-state index in [1.807, 2.05) is 18.2 Å². The fraction of sp³-hybridized carbons (Fsp3) is 0.250. The Morgan fingerprint density at radius 2 is 0.933 bits per heavy atom. The van der Waals surface area contributed by atoms with Gasteiger partial charge in [0.1, 0.15) is 0 Å². The van der Waals surface area contributed by atoms with Crippen molar-refractivity contribution in [2.24, 2.45) is 0 Å². The van der Waals surface area contributed by atoms with Crippen molar-refractivity contribution in [3.63, 3.8) is 0 Å². The van der Waals surface area contributed by atoms with E-state index in [9.17, 15) is 0 Å². The van der Waals surface area contributed by atoms with E-state index in [4.69, 9.17) is 15.8 Å². The van der Waals surface area contributed by atoms with Gasteiger partial charge in [0.15, 0.2) is 0 Å². The molecule has 0 aliphatic carbocycles. The topological polar surface area (TPSA) is 71.4 Å². The van der Waals surface area contributed by atoms with Gasteiger partial charge in [-0.25, -0.2) is 0 Å². The quantitative estimate of drug-likeness (QED) is 0.739. The Morgan fingerprint density at radius 3 is 1.13 bits per heavy atom. The fourth-order valence-corrected chi connectivity index (χ4v) is 1.42. The molecule has 0 aliphatic heterocycles. The number of nitriles is 3. The summed E-state index contributed by atoms with van der Waals surface area (Å²) in [7, 11) is 0. The lowest BCUT2D eigenvalue weighted by atomic mass is 10.0. The van der Waals surface area contributed by atoms with Gasteiger partial charge in [-0.15, -0.1) is 0 Å². The molecule has 0 heterocycles. The summed E-state index contributed by atoms with van der Waals surface area (Å²) < 4.78 is 0. The van der Waals surface area contributed by atoms with Gasteiger partial charge in [0.2, 0.25) is 0 Å². The van der Waals surface area contributed by atoms with E-state index in [-0.39, 0.29) is 0 Å².